The van der Waals surface area contributed by atoms with Crippen LogP contribution in [0.1, 0.15) is 47.0 Å². The molecule has 1 saturated carbocycles. The SMILES string of the molecule is CCOC(=O)C1=C(CN2CC3(C)CC2CC(C)(C)C3)C(=O)Nc2cc(F)ccc2N1. The van der Waals surface area contributed by atoms with Crippen molar-refractivity contribution in [3.63, 3.8) is 0 Å². The highest BCUT2D eigenvalue weighted by Crippen LogP contribution is 2.52. The van der Waals surface area contributed by atoms with Gasteiger partial charge in [-0.3, -0.25) is 9.69 Å². The summed E-state index contributed by atoms with van der Waals surface area (Å²) >= 11 is 0. The number of hydrogen-bond acceptors (Lipinski definition) is 5. The van der Waals surface area contributed by atoms with Crippen LogP contribution in [0.25, 0.3) is 0 Å². The Morgan fingerprint density at radius 2 is 2.00 bits per heavy atom. The first-order valence-electron chi connectivity index (χ1n) is 10.6. The van der Waals surface area contributed by atoms with Gasteiger partial charge in [-0.25, -0.2) is 9.18 Å². The summed E-state index contributed by atoms with van der Waals surface area (Å²) in [5.74, 6) is -1.44. The predicted molar refractivity (Wildman–Crippen MR) is 113 cm³/mol. The van der Waals surface area contributed by atoms with Crippen LogP contribution >= 0.6 is 0 Å². The average molecular weight is 416 g/mol. The molecule has 2 aliphatic heterocycles. The monoisotopic (exact) mass is 415 g/mol. The molecule has 2 heterocycles. The Hall–Kier alpha value is -2.41. The summed E-state index contributed by atoms with van der Waals surface area (Å²) < 4.78 is 19.0. The van der Waals surface area contributed by atoms with E-state index in [0.717, 1.165) is 25.8 Å². The normalized spacial score (nSPS) is 27.8. The number of esters is 1. The molecule has 2 atom stereocenters. The van der Waals surface area contributed by atoms with Crippen molar-refractivity contribution in [2.75, 3.05) is 30.3 Å². The quantitative estimate of drug-likeness (QED) is 0.730. The molecule has 1 aromatic rings. The van der Waals surface area contributed by atoms with Crippen LogP contribution in [0.3, 0.4) is 0 Å². The second kappa shape index (κ2) is 7.38. The number of hydrogen-bond donors (Lipinski definition) is 2. The van der Waals surface area contributed by atoms with Crippen molar-refractivity contribution in [3.8, 4) is 0 Å². The summed E-state index contributed by atoms with van der Waals surface area (Å²) in [5.41, 5.74) is 1.70. The number of nitrogens with one attached hydrogen (secondary N) is 2. The van der Waals surface area contributed by atoms with Crippen LogP contribution in [0, 0.1) is 16.6 Å². The zero-order valence-corrected chi connectivity index (χ0v) is 18.1. The van der Waals surface area contributed by atoms with E-state index in [-0.39, 0.29) is 23.1 Å². The Balaban J connectivity index is 1.68. The molecule has 1 amide bonds. The highest BCUT2D eigenvalue weighted by molar-refractivity contribution is 6.13. The minimum atomic E-state index is -0.575. The van der Waals surface area contributed by atoms with Crippen LogP contribution in [0.5, 0.6) is 0 Å². The first kappa shape index (κ1) is 20.8. The first-order chi connectivity index (χ1) is 14.1. The lowest BCUT2D eigenvalue weighted by molar-refractivity contribution is -0.138. The molecule has 6 nitrogen and oxygen atoms in total. The predicted octanol–water partition coefficient (Wildman–Crippen LogP) is 3.91. The highest BCUT2D eigenvalue weighted by atomic mass is 19.1. The topological polar surface area (TPSA) is 70.7 Å². The van der Waals surface area contributed by atoms with Gasteiger partial charge in [-0.1, -0.05) is 20.8 Å². The molecule has 7 heteroatoms. The molecule has 2 fully saturated rings. The van der Waals surface area contributed by atoms with Gasteiger partial charge in [-0.2, -0.15) is 0 Å². The lowest BCUT2D eigenvalue weighted by atomic mass is 9.65. The molecule has 2 bridgehead atoms. The molecule has 1 aliphatic carbocycles. The van der Waals surface area contributed by atoms with Crippen molar-refractivity contribution in [2.24, 2.45) is 10.8 Å². The minimum absolute atomic E-state index is 0.130. The molecule has 30 heavy (non-hydrogen) atoms. The average Bonchev–Trinajstić information content (AvgIpc) is 2.78. The van der Waals surface area contributed by atoms with Gasteiger partial charge in [-0.15, -0.1) is 0 Å². The Kier molecular flexibility index (Phi) is 5.12. The Morgan fingerprint density at radius 3 is 2.73 bits per heavy atom. The number of halogens is 1. The van der Waals surface area contributed by atoms with Crippen LogP contribution in [0.2, 0.25) is 0 Å². The van der Waals surface area contributed by atoms with E-state index in [9.17, 15) is 14.0 Å². The third-order valence-corrected chi connectivity index (χ3v) is 6.43. The summed E-state index contributed by atoms with van der Waals surface area (Å²) in [6.45, 7) is 10.1. The fourth-order valence-corrected chi connectivity index (χ4v) is 5.74. The molecule has 1 saturated heterocycles. The van der Waals surface area contributed by atoms with E-state index in [0.29, 0.717) is 29.5 Å². The Morgan fingerprint density at radius 1 is 1.23 bits per heavy atom. The number of benzene rings is 1. The first-order valence-corrected chi connectivity index (χ1v) is 10.6. The number of likely N-dealkylation sites (tertiary alicyclic amines) is 1. The smallest absolute Gasteiger partial charge is 0.355 e. The minimum Gasteiger partial charge on any atom is -0.461 e. The lowest BCUT2D eigenvalue weighted by Crippen LogP contribution is -2.37. The number of carbonyl (C=O) groups is 2. The summed E-state index contributed by atoms with van der Waals surface area (Å²) in [6.07, 6.45) is 3.30. The fourth-order valence-electron chi connectivity index (χ4n) is 5.74. The van der Waals surface area contributed by atoms with Gasteiger partial charge in [0.05, 0.1) is 23.6 Å². The number of amides is 1. The number of fused-ring (bicyclic) bond motifs is 3. The van der Waals surface area contributed by atoms with Crippen molar-refractivity contribution in [1.29, 1.82) is 0 Å². The van der Waals surface area contributed by atoms with Crippen LogP contribution < -0.4 is 10.6 Å². The fraction of sp³-hybridized carbons (Fsp3) is 0.565. The zero-order valence-electron chi connectivity index (χ0n) is 18.1. The van der Waals surface area contributed by atoms with Crippen molar-refractivity contribution in [1.82, 2.24) is 4.90 Å². The number of ether oxygens (including phenoxy) is 1. The maximum atomic E-state index is 13.7. The molecule has 1 aromatic carbocycles. The van der Waals surface area contributed by atoms with Gasteiger partial charge in [-0.05, 0) is 55.2 Å². The van der Waals surface area contributed by atoms with Crippen molar-refractivity contribution in [2.45, 2.75) is 53.0 Å². The molecule has 4 rings (SSSR count). The van der Waals surface area contributed by atoms with Gasteiger partial charge >= 0.3 is 5.97 Å². The van der Waals surface area contributed by atoms with Crippen molar-refractivity contribution in [3.05, 3.63) is 35.3 Å². The van der Waals surface area contributed by atoms with E-state index in [1.165, 1.54) is 18.2 Å². The molecular formula is C23H30FN3O3. The van der Waals surface area contributed by atoms with Gasteiger partial charge in [0.1, 0.15) is 11.5 Å². The third kappa shape index (κ3) is 3.95. The molecule has 162 valence electrons. The largest absolute Gasteiger partial charge is 0.461 e. The van der Waals surface area contributed by atoms with Crippen molar-refractivity contribution >= 4 is 23.3 Å². The molecule has 0 spiro atoms. The van der Waals surface area contributed by atoms with Gasteiger partial charge < -0.3 is 15.4 Å². The second-order valence-corrected chi connectivity index (χ2v) is 9.96. The van der Waals surface area contributed by atoms with Crippen LogP contribution in [-0.4, -0.2) is 42.5 Å². The molecule has 2 unspecified atom stereocenters. The summed E-state index contributed by atoms with van der Waals surface area (Å²) in [5, 5.41) is 5.81. The van der Waals surface area contributed by atoms with E-state index in [2.05, 4.69) is 36.3 Å². The van der Waals surface area contributed by atoms with Crippen LogP contribution in [-0.2, 0) is 14.3 Å². The van der Waals surface area contributed by atoms with E-state index < -0.39 is 17.7 Å². The van der Waals surface area contributed by atoms with Gasteiger partial charge in [0.25, 0.3) is 5.91 Å². The van der Waals surface area contributed by atoms with Crippen LogP contribution in [0.4, 0.5) is 15.8 Å². The van der Waals surface area contributed by atoms with E-state index >= 15 is 0 Å². The third-order valence-electron chi connectivity index (χ3n) is 6.43. The van der Waals surface area contributed by atoms with E-state index in [4.69, 9.17) is 4.74 Å². The van der Waals surface area contributed by atoms with Gasteiger partial charge in [0, 0.05) is 19.1 Å². The zero-order chi connectivity index (χ0) is 21.7. The summed E-state index contributed by atoms with van der Waals surface area (Å²) in [4.78, 5) is 28.2. The van der Waals surface area contributed by atoms with E-state index in [1.807, 2.05) is 0 Å². The maximum Gasteiger partial charge on any atom is 0.355 e. The number of carbonyl (C=O) groups excluding carboxylic acids is 2. The molecule has 0 radical (unpaired) electrons. The van der Waals surface area contributed by atoms with Crippen molar-refractivity contribution < 1.29 is 18.7 Å². The second-order valence-electron chi connectivity index (χ2n) is 9.96. The lowest BCUT2D eigenvalue weighted by Gasteiger charge is -2.40. The summed E-state index contributed by atoms with van der Waals surface area (Å²) in [6, 6.07) is 4.42. The number of nitrogens with zero attached hydrogens (tertiary/aromatic N) is 1. The summed E-state index contributed by atoms with van der Waals surface area (Å²) in [7, 11) is 0. The molecular weight excluding hydrogens is 385 g/mol. The highest BCUT2D eigenvalue weighted by Gasteiger charge is 2.50. The maximum absolute atomic E-state index is 13.7. The molecule has 3 aliphatic rings. The van der Waals surface area contributed by atoms with E-state index in [1.54, 1.807) is 6.92 Å². The standard InChI is InChI=1S/C23H30FN3O3/c1-5-30-21(29)19-16(20(28)26-18-8-14(24)6-7-17(18)25-19)11-27-13-23(4)10-15(27)9-22(2,3)12-23/h6-8,15,25H,5,9-13H2,1-4H3,(H,26,28). The van der Waals surface area contributed by atoms with Crippen LogP contribution in [0.15, 0.2) is 29.5 Å². The Labute approximate surface area is 176 Å². The number of rotatable bonds is 4. The Bertz CT molecular complexity index is 926. The molecule has 2 N–H and O–H groups in total. The molecule has 0 aromatic heterocycles. The number of anilines is 2. The van der Waals surface area contributed by atoms with Gasteiger partial charge in [0.2, 0.25) is 0 Å². The van der Waals surface area contributed by atoms with Gasteiger partial charge in [0.15, 0.2) is 0 Å².